The third-order valence-electron chi connectivity index (χ3n) is 2.61. The van der Waals surface area contributed by atoms with E-state index < -0.39 is 30.4 Å². The van der Waals surface area contributed by atoms with Gasteiger partial charge in [-0.1, -0.05) is 0 Å². The molecule has 0 aromatic heterocycles. The van der Waals surface area contributed by atoms with Gasteiger partial charge in [0.05, 0.1) is 5.92 Å². The zero-order valence-corrected chi connectivity index (χ0v) is 8.46. The highest BCUT2D eigenvalue weighted by Gasteiger charge is 2.41. The van der Waals surface area contributed by atoms with E-state index in [4.69, 9.17) is 5.11 Å². The molecule has 1 aliphatic heterocycles. The number of halogens is 3. The van der Waals surface area contributed by atoms with Crippen LogP contribution in [0.5, 0.6) is 0 Å². The van der Waals surface area contributed by atoms with Crippen LogP contribution in [0.2, 0.25) is 0 Å². The van der Waals surface area contributed by atoms with Gasteiger partial charge in [0.15, 0.2) is 0 Å². The first-order valence-electron chi connectivity index (χ1n) is 4.87. The van der Waals surface area contributed by atoms with Crippen LogP contribution < -0.4 is 0 Å². The van der Waals surface area contributed by atoms with Gasteiger partial charge in [-0.25, -0.2) is 0 Å². The predicted octanol–water partition coefficient (Wildman–Crippen LogP) is 1.26. The van der Waals surface area contributed by atoms with Crippen LogP contribution >= 0.6 is 0 Å². The van der Waals surface area contributed by atoms with Gasteiger partial charge in [0.1, 0.15) is 6.42 Å². The van der Waals surface area contributed by atoms with Crippen LogP contribution in [-0.2, 0) is 9.59 Å². The summed E-state index contributed by atoms with van der Waals surface area (Å²) < 4.78 is 36.8. The average molecular weight is 239 g/mol. The van der Waals surface area contributed by atoms with Crippen molar-refractivity contribution in [2.45, 2.75) is 25.4 Å². The van der Waals surface area contributed by atoms with E-state index in [9.17, 15) is 22.8 Å². The molecule has 1 heterocycles. The Balaban J connectivity index is 2.43. The Morgan fingerprint density at radius 1 is 1.25 bits per heavy atom. The van der Waals surface area contributed by atoms with E-state index in [-0.39, 0.29) is 25.9 Å². The number of hydrogen-bond donors (Lipinski definition) is 1. The summed E-state index contributed by atoms with van der Waals surface area (Å²) in [7, 11) is 0. The Bertz CT molecular complexity index is 282. The summed E-state index contributed by atoms with van der Waals surface area (Å²) in [6, 6.07) is 0. The lowest BCUT2D eigenvalue weighted by Gasteiger charge is -2.32. The maximum atomic E-state index is 12.3. The number of hydrogen-bond acceptors (Lipinski definition) is 2. The van der Waals surface area contributed by atoms with E-state index in [2.05, 4.69) is 0 Å². The van der Waals surface area contributed by atoms with Crippen molar-refractivity contribution in [3.63, 3.8) is 0 Å². The van der Waals surface area contributed by atoms with Gasteiger partial charge in [0, 0.05) is 13.1 Å². The molecule has 1 aliphatic rings. The molecule has 0 radical (unpaired) electrons. The molecule has 1 amide bonds. The molecule has 0 bridgehead atoms. The first-order chi connectivity index (χ1) is 7.30. The highest BCUT2D eigenvalue weighted by molar-refractivity contribution is 5.93. The maximum absolute atomic E-state index is 12.3. The second-order valence-electron chi connectivity index (χ2n) is 3.77. The van der Waals surface area contributed by atoms with Gasteiger partial charge in [0.2, 0.25) is 5.91 Å². The van der Waals surface area contributed by atoms with E-state index in [0.717, 1.165) is 0 Å². The quantitative estimate of drug-likeness (QED) is 0.738. The number of amides is 1. The van der Waals surface area contributed by atoms with Crippen LogP contribution in [0.25, 0.3) is 0 Å². The lowest BCUT2D eigenvalue weighted by Crippen LogP contribution is -2.42. The van der Waals surface area contributed by atoms with Crippen molar-refractivity contribution in [2.24, 2.45) is 5.92 Å². The molecular weight excluding hydrogens is 227 g/mol. The van der Waals surface area contributed by atoms with Gasteiger partial charge in [-0.3, -0.25) is 9.59 Å². The number of nitrogens with zero attached hydrogens (tertiary/aromatic N) is 1. The molecule has 1 N–H and O–H groups in total. The molecule has 1 rings (SSSR count). The highest BCUT2D eigenvalue weighted by Crippen LogP contribution is 2.34. The summed E-state index contributed by atoms with van der Waals surface area (Å²) in [5.74, 6) is -3.25. The van der Waals surface area contributed by atoms with Crippen molar-refractivity contribution >= 4 is 11.9 Å². The largest absolute Gasteiger partial charge is 0.481 e. The molecule has 0 saturated carbocycles. The lowest BCUT2D eigenvalue weighted by molar-refractivity contribution is -0.186. The second-order valence-corrected chi connectivity index (χ2v) is 3.77. The average Bonchev–Trinajstić information content (AvgIpc) is 2.15. The zero-order valence-electron chi connectivity index (χ0n) is 8.46. The van der Waals surface area contributed by atoms with Crippen LogP contribution in [0.3, 0.4) is 0 Å². The standard InChI is InChI=1S/C9H12F3NO3/c10-9(11,12)6-1-3-13(4-2-6)7(14)5-8(15)16/h6H,1-5H2,(H,15,16). The first kappa shape index (κ1) is 12.8. The Kier molecular flexibility index (Phi) is 3.77. The number of aliphatic carboxylic acids is 1. The Morgan fingerprint density at radius 2 is 1.75 bits per heavy atom. The molecule has 16 heavy (non-hydrogen) atoms. The highest BCUT2D eigenvalue weighted by atomic mass is 19.4. The van der Waals surface area contributed by atoms with E-state index in [1.807, 2.05) is 0 Å². The number of alkyl halides is 3. The minimum Gasteiger partial charge on any atom is -0.481 e. The normalized spacial score (nSPS) is 18.6. The van der Waals surface area contributed by atoms with Crippen molar-refractivity contribution in [2.75, 3.05) is 13.1 Å². The monoisotopic (exact) mass is 239 g/mol. The number of carbonyl (C=O) groups is 2. The van der Waals surface area contributed by atoms with Crippen LogP contribution in [0.15, 0.2) is 0 Å². The fourth-order valence-electron chi connectivity index (χ4n) is 1.70. The van der Waals surface area contributed by atoms with Crippen LogP contribution in [0, 0.1) is 5.92 Å². The third kappa shape index (κ3) is 3.39. The Morgan fingerprint density at radius 3 is 2.12 bits per heavy atom. The summed E-state index contributed by atoms with van der Waals surface area (Å²) in [6.45, 7) is -0.0351. The summed E-state index contributed by atoms with van der Waals surface area (Å²) in [5, 5.41) is 8.37. The Labute approximate surface area is 90.0 Å². The van der Waals surface area contributed by atoms with Crippen LogP contribution in [-0.4, -0.2) is 41.1 Å². The smallest absolute Gasteiger partial charge is 0.391 e. The molecule has 0 atom stereocenters. The minimum atomic E-state index is -4.22. The van der Waals surface area contributed by atoms with Gasteiger partial charge in [-0.05, 0) is 12.8 Å². The minimum absolute atomic E-state index is 0.0176. The number of carbonyl (C=O) groups excluding carboxylic acids is 1. The van der Waals surface area contributed by atoms with E-state index in [1.165, 1.54) is 4.90 Å². The number of carboxylic acids is 1. The molecule has 0 aliphatic carbocycles. The molecule has 0 unspecified atom stereocenters. The maximum Gasteiger partial charge on any atom is 0.391 e. The summed E-state index contributed by atoms with van der Waals surface area (Å²) >= 11 is 0. The van der Waals surface area contributed by atoms with Crippen LogP contribution in [0.1, 0.15) is 19.3 Å². The number of rotatable bonds is 2. The number of carboxylic acid groups (broad SMARTS) is 1. The van der Waals surface area contributed by atoms with Crippen molar-refractivity contribution in [1.82, 2.24) is 4.90 Å². The molecule has 0 aromatic carbocycles. The third-order valence-corrected chi connectivity index (χ3v) is 2.61. The second kappa shape index (κ2) is 4.71. The molecule has 0 aromatic rings. The van der Waals surface area contributed by atoms with Gasteiger partial charge < -0.3 is 10.0 Å². The SMILES string of the molecule is O=C(O)CC(=O)N1CCC(C(F)(F)F)CC1. The van der Waals surface area contributed by atoms with Gasteiger partial charge >= 0.3 is 12.1 Å². The molecular formula is C9H12F3NO3. The van der Waals surface area contributed by atoms with Crippen molar-refractivity contribution < 1.29 is 27.9 Å². The van der Waals surface area contributed by atoms with Crippen molar-refractivity contribution in [1.29, 1.82) is 0 Å². The molecule has 7 heteroatoms. The van der Waals surface area contributed by atoms with E-state index in [0.29, 0.717) is 0 Å². The molecule has 1 fully saturated rings. The fourth-order valence-corrected chi connectivity index (χ4v) is 1.70. The number of likely N-dealkylation sites (tertiary alicyclic amines) is 1. The van der Waals surface area contributed by atoms with Gasteiger partial charge in [0.25, 0.3) is 0 Å². The molecule has 4 nitrogen and oxygen atoms in total. The lowest BCUT2D eigenvalue weighted by atomic mass is 9.96. The Hall–Kier alpha value is -1.27. The molecule has 1 saturated heterocycles. The van der Waals surface area contributed by atoms with Crippen molar-refractivity contribution in [3.05, 3.63) is 0 Å². The zero-order chi connectivity index (χ0) is 12.3. The van der Waals surface area contributed by atoms with E-state index >= 15 is 0 Å². The molecule has 92 valence electrons. The van der Waals surface area contributed by atoms with Crippen LogP contribution in [0.4, 0.5) is 13.2 Å². The topological polar surface area (TPSA) is 57.6 Å². The van der Waals surface area contributed by atoms with E-state index in [1.54, 1.807) is 0 Å². The predicted molar refractivity (Wildman–Crippen MR) is 47.6 cm³/mol. The summed E-state index contributed by atoms with van der Waals surface area (Å²) in [6.07, 6.45) is -5.16. The summed E-state index contributed by atoms with van der Waals surface area (Å²) in [5.41, 5.74) is 0. The van der Waals surface area contributed by atoms with Crippen molar-refractivity contribution in [3.8, 4) is 0 Å². The number of piperidine rings is 1. The van der Waals surface area contributed by atoms with Gasteiger partial charge in [-0.15, -0.1) is 0 Å². The summed E-state index contributed by atoms with van der Waals surface area (Å²) in [4.78, 5) is 22.7. The fraction of sp³-hybridized carbons (Fsp3) is 0.778. The van der Waals surface area contributed by atoms with Gasteiger partial charge in [-0.2, -0.15) is 13.2 Å². The first-order valence-corrected chi connectivity index (χ1v) is 4.87. The molecule has 0 spiro atoms.